The Morgan fingerprint density at radius 1 is 1.17 bits per heavy atom. The summed E-state index contributed by atoms with van der Waals surface area (Å²) in [6, 6.07) is 9.28. The van der Waals surface area contributed by atoms with Gasteiger partial charge in [0.2, 0.25) is 0 Å². The van der Waals surface area contributed by atoms with E-state index in [4.69, 9.17) is 4.74 Å². The molecule has 0 saturated heterocycles. The van der Waals surface area contributed by atoms with Crippen LogP contribution in [-0.2, 0) is 14.3 Å². The Balaban J connectivity index is 2.11. The van der Waals surface area contributed by atoms with Gasteiger partial charge in [-0.15, -0.1) is 0 Å². The molecule has 0 spiro atoms. The first-order valence-electron chi connectivity index (χ1n) is 6.83. The summed E-state index contributed by atoms with van der Waals surface area (Å²) in [6.07, 6.45) is -2.91. The third kappa shape index (κ3) is 5.24. The quantitative estimate of drug-likeness (QED) is 0.751. The van der Waals surface area contributed by atoms with Gasteiger partial charge in [-0.05, 0) is 29.8 Å². The highest BCUT2D eigenvalue weighted by molar-refractivity contribution is 5.76. The molecule has 128 valence electrons. The molecule has 1 heterocycles. The third-order valence-electron chi connectivity index (χ3n) is 2.88. The number of ether oxygens (including phenoxy) is 3. The van der Waals surface area contributed by atoms with E-state index in [1.54, 1.807) is 18.3 Å². The van der Waals surface area contributed by atoms with Crippen LogP contribution in [0.4, 0.5) is 13.2 Å². The fraction of sp³-hybridized carbons (Fsp3) is 0.250. The predicted octanol–water partition coefficient (Wildman–Crippen LogP) is 3.67. The van der Waals surface area contributed by atoms with Crippen molar-refractivity contribution in [3.63, 3.8) is 0 Å². The van der Waals surface area contributed by atoms with E-state index in [0.29, 0.717) is 11.5 Å². The van der Waals surface area contributed by atoms with Gasteiger partial charge in [0.1, 0.15) is 18.1 Å². The van der Waals surface area contributed by atoms with Crippen LogP contribution < -0.4 is 4.74 Å². The normalized spacial score (nSPS) is 12.5. The molecule has 0 aliphatic rings. The third-order valence-corrected chi connectivity index (χ3v) is 2.88. The van der Waals surface area contributed by atoms with Crippen molar-refractivity contribution in [3.05, 3.63) is 54.4 Å². The van der Waals surface area contributed by atoms with E-state index in [-0.39, 0.29) is 5.56 Å². The second-order valence-corrected chi connectivity index (χ2v) is 4.69. The topological polar surface area (TPSA) is 57.7 Å². The number of rotatable bonds is 6. The van der Waals surface area contributed by atoms with Crippen LogP contribution >= 0.6 is 0 Å². The number of methoxy groups -OCH3 is 1. The van der Waals surface area contributed by atoms with Crippen LogP contribution in [0.25, 0.3) is 0 Å². The fourth-order valence-electron chi connectivity index (χ4n) is 1.84. The van der Waals surface area contributed by atoms with E-state index < -0.39 is 24.9 Å². The van der Waals surface area contributed by atoms with Gasteiger partial charge in [0.05, 0.1) is 13.3 Å². The molecule has 1 aromatic heterocycles. The van der Waals surface area contributed by atoms with Crippen molar-refractivity contribution in [1.29, 1.82) is 0 Å². The number of esters is 1. The largest absolute Gasteiger partial charge is 0.467 e. The average Bonchev–Trinajstić information content (AvgIpc) is 2.56. The van der Waals surface area contributed by atoms with Crippen LogP contribution in [0.3, 0.4) is 0 Å². The number of carbonyl (C=O) groups is 1. The minimum absolute atomic E-state index is 0.227. The first kappa shape index (κ1) is 17.7. The molecule has 0 bridgehead atoms. The summed E-state index contributed by atoms with van der Waals surface area (Å²) in [5.41, 5.74) is 0.227. The van der Waals surface area contributed by atoms with Gasteiger partial charge in [0.25, 0.3) is 0 Å². The molecule has 0 saturated carbocycles. The lowest BCUT2D eigenvalue weighted by molar-refractivity contribution is -0.194. The van der Waals surface area contributed by atoms with Crippen LogP contribution in [0, 0.1) is 0 Å². The summed E-state index contributed by atoms with van der Waals surface area (Å²) in [5, 5.41) is 0. The van der Waals surface area contributed by atoms with Gasteiger partial charge in [0, 0.05) is 6.20 Å². The molecule has 5 nitrogen and oxygen atoms in total. The minimum atomic E-state index is -4.55. The van der Waals surface area contributed by atoms with Crippen LogP contribution in [0.1, 0.15) is 11.7 Å². The second kappa shape index (κ2) is 7.78. The molecule has 0 aliphatic heterocycles. The molecule has 0 fully saturated rings. The molecular weight excluding hydrogens is 327 g/mol. The van der Waals surface area contributed by atoms with E-state index in [2.05, 4.69) is 14.5 Å². The molecule has 1 aromatic carbocycles. The van der Waals surface area contributed by atoms with Gasteiger partial charge < -0.3 is 14.2 Å². The molecule has 0 N–H and O–H groups in total. The summed E-state index contributed by atoms with van der Waals surface area (Å²) < 4.78 is 51.6. The Morgan fingerprint density at radius 2 is 1.88 bits per heavy atom. The maximum Gasteiger partial charge on any atom is 0.411 e. The zero-order chi connectivity index (χ0) is 17.6. The monoisotopic (exact) mass is 341 g/mol. The predicted molar refractivity (Wildman–Crippen MR) is 77.5 cm³/mol. The highest BCUT2D eigenvalue weighted by atomic mass is 19.4. The number of pyridine rings is 1. The number of benzene rings is 1. The van der Waals surface area contributed by atoms with E-state index >= 15 is 0 Å². The summed E-state index contributed by atoms with van der Waals surface area (Å²) in [4.78, 5) is 15.5. The Hall–Kier alpha value is -2.61. The van der Waals surface area contributed by atoms with Crippen LogP contribution in [-0.4, -0.2) is 30.8 Å². The number of aromatic nitrogens is 1. The molecule has 1 unspecified atom stereocenters. The van der Waals surface area contributed by atoms with Crippen LogP contribution in [0.2, 0.25) is 0 Å². The Bertz CT molecular complexity index is 659. The van der Waals surface area contributed by atoms with Gasteiger partial charge >= 0.3 is 12.1 Å². The summed E-state index contributed by atoms with van der Waals surface area (Å²) in [7, 11) is 1.08. The summed E-state index contributed by atoms with van der Waals surface area (Å²) in [6.45, 7) is -1.55. The molecule has 1 atom stereocenters. The number of hydrogen-bond acceptors (Lipinski definition) is 5. The van der Waals surface area contributed by atoms with Crippen molar-refractivity contribution < 1.29 is 32.2 Å². The zero-order valence-electron chi connectivity index (χ0n) is 12.6. The molecular formula is C16H14F3NO4. The van der Waals surface area contributed by atoms with Crippen molar-refractivity contribution >= 4 is 5.97 Å². The number of halogens is 3. The first-order valence-corrected chi connectivity index (χ1v) is 6.83. The average molecular weight is 341 g/mol. The number of alkyl halides is 3. The van der Waals surface area contributed by atoms with Gasteiger partial charge in [-0.3, -0.25) is 4.98 Å². The summed E-state index contributed by atoms with van der Waals surface area (Å²) >= 11 is 0. The van der Waals surface area contributed by atoms with Gasteiger partial charge in [-0.25, -0.2) is 4.79 Å². The fourth-order valence-corrected chi connectivity index (χ4v) is 1.84. The molecule has 0 aliphatic carbocycles. The lowest BCUT2D eigenvalue weighted by Gasteiger charge is -2.17. The molecule has 0 amide bonds. The van der Waals surface area contributed by atoms with Crippen molar-refractivity contribution in [2.75, 3.05) is 13.7 Å². The zero-order valence-corrected chi connectivity index (χ0v) is 12.6. The van der Waals surface area contributed by atoms with E-state index in [1.807, 2.05) is 0 Å². The van der Waals surface area contributed by atoms with Crippen molar-refractivity contribution in [2.24, 2.45) is 0 Å². The van der Waals surface area contributed by atoms with E-state index in [9.17, 15) is 18.0 Å². The lowest BCUT2D eigenvalue weighted by Crippen LogP contribution is -2.24. The number of carbonyl (C=O) groups excluding carboxylic acids is 1. The van der Waals surface area contributed by atoms with Gasteiger partial charge in [-0.1, -0.05) is 12.1 Å². The van der Waals surface area contributed by atoms with Crippen LogP contribution in [0.5, 0.6) is 11.5 Å². The van der Waals surface area contributed by atoms with Gasteiger partial charge in [0.15, 0.2) is 6.10 Å². The first-order chi connectivity index (χ1) is 11.4. The molecule has 2 aromatic rings. The van der Waals surface area contributed by atoms with Crippen molar-refractivity contribution in [2.45, 2.75) is 12.3 Å². The van der Waals surface area contributed by atoms with Crippen molar-refractivity contribution in [3.8, 4) is 11.5 Å². The highest BCUT2D eigenvalue weighted by Crippen LogP contribution is 2.27. The minimum Gasteiger partial charge on any atom is -0.467 e. The maximum absolute atomic E-state index is 12.3. The van der Waals surface area contributed by atoms with E-state index in [0.717, 1.165) is 7.11 Å². The van der Waals surface area contributed by atoms with Gasteiger partial charge in [-0.2, -0.15) is 13.2 Å². The van der Waals surface area contributed by atoms with Crippen molar-refractivity contribution in [1.82, 2.24) is 4.98 Å². The van der Waals surface area contributed by atoms with E-state index in [1.165, 1.54) is 30.5 Å². The maximum atomic E-state index is 12.3. The Labute approximate surface area is 136 Å². The number of nitrogens with zero attached hydrogens (tertiary/aromatic N) is 1. The SMILES string of the molecule is COC(=O)C(OCC(F)(F)F)c1ccc(Oc2cccnc2)cc1. The smallest absolute Gasteiger partial charge is 0.411 e. The molecule has 24 heavy (non-hydrogen) atoms. The molecule has 8 heteroatoms. The number of hydrogen-bond donors (Lipinski definition) is 0. The standard InChI is InChI=1S/C16H14F3NO4/c1-22-15(21)14(23-10-16(17,18)19)11-4-6-12(7-5-11)24-13-3-2-8-20-9-13/h2-9,14H,10H2,1H3. The second-order valence-electron chi connectivity index (χ2n) is 4.69. The molecule has 2 rings (SSSR count). The molecule has 0 radical (unpaired) electrons. The highest BCUT2D eigenvalue weighted by Gasteiger charge is 2.32. The Morgan fingerprint density at radius 3 is 2.42 bits per heavy atom. The lowest BCUT2D eigenvalue weighted by atomic mass is 10.1. The Kier molecular flexibility index (Phi) is 5.75. The van der Waals surface area contributed by atoms with Crippen LogP contribution in [0.15, 0.2) is 48.8 Å². The summed E-state index contributed by atoms with van der Waals surface area (Å²) in [5.74, 6) is 0.0226.